The fourth-order valence-electron chi connectivity index (χ4n) is 2.59. The summed E-state index contributed by atoms with van der Waals surface area (Å²) < 4.78 is 7.12. The number of nitrogens with two attached hydrogens (primary N) is 1. The largest absolute Gasteiger partial charge is 0.394 e. The molecule has 2 aromatic rings. The van der Waals surface area contributed by atoms with Crippen LogP contribution in [0, 0.1) is 0 Å². The molecule has 0 spiro atoms. The molecule has 1 fully saturated rings. The number of nitrogens with zero attached hydrogens (tertiary/aromatic N) is 4. The molecule has 120 valence electrons. The summed E-state index contributed by atoms with van der Waals surface area (Å²) in [6.45, 7) is -0.150. The van der Waals surface area contributed by atoms with Gasteiger partial charge in [-0.1, -0.05) is 0 Å². The minimum atomic E-state index is -1.13. The number of anilines is 2. The van der Waals surface area contributed by atoms with Crippen molar-refractivity contribution in [3.8, 4) is 0 Å². The van der Waals surface area contributed by atoms with Crippen molar-refractivity contribution >= 4 is 22.9 Å². The van der Waals surface area contributed by atoms with Crippen molar-refractivity contribution in [3.63, 3.8) is 0 Å². The molecule has 1 unspecified atom stereocenters. The highest BCUT2D eigenvalue weighted by Crippen LogP contribution is 2.25. The molecule has 3 heterocycles. The summed E-state index contributed by atoms with van der Waals surface area (Å²) in [5.41, 5.74) is 6.71. The van der Waals surface area contributed by atoms with E-state index in [2.05, 4.69) is 20.3 Å². The molecule has 22 heavy (non-hydrogen) atoms. The number of nitrogen functional groups attached to an aromatic ring is 1. The van der Waals surface area contributed by atoms with Crippen molar-refractivity contribution in [1.29, 1.82) is 0 Å². The molecular formula is C12H18N6O4. The second kappa shape index (κ2) is 5.65. The van der Waals surface area contributed by atoms with Gasteiger partial charge in [-0.2, -0.15) is 9.97 Å². The van der Waals surface area contributed by atoms with Crippen LogP contribution in [0.4, 0.5) is 11.8 Å². The van der Waals surface area contributed by atoms with Crippen LogP contribution in [0.1, 0.15) is 0 Å². The van der Waals surface area contributed by atoms with Crippen LogP contribution in [-0.4, -0.2) is 72.9 Å². The average Bonchev–Trinajstić information content (AvgIpc) is 3.03. The number of fused-ring (bicyclic) bond motifs is 1. The van der Waals surface area contributed by atoms with Crippen LogP contribution in [0.15, 0.2) is 6.33 Å². The standard InChI is InChI=1S/C12H18N6O4/c1-14-10-7-11(17-12(13)16-10)18(4-15-7)2-5-8(20)9(21)6(3-19)22-5/h4-6,8-9,19-21H,2-3H2,1H3,(H3,13,14,16,17)/t5-,6+,8+,9?/m0/s1. The Balaban J connectivity index is 1.90. The molecule has 0 bridgehead atoms. The van der Waals surface area contributed by atoms with Gasteiger partial charge in [-0.3, -0.25) is 0 Å². The summed E-state index contributed by atoms with van der Waals surface area (Å²) in [5.74, 6) is 0.599. The molecular weight excluding hydrogens is 292 g/mol. The third-order valence-corrected chi connectivity index (χ3v) is 3.74. The van der Waals surface area contributed by atoms with Gasteiger partial charge in [-0.25, -0.2) is 4.98 Å². The fourth-order valence-corrected chi connectivity index (χ4v) is 2.59. The average molecular weight is 310 g/mol. The summed E-state index contributed by atoms with van der Waals surface area (Å²) in [5, 5.41) is 31.8. The van der Waals surface area contributed by atoms with E-state index in [-0.39, 0.29) is 19.1 Å². The van der Waals surface area contributed by atoms with Gasteiger partial charge >= 0.3 is 0 Å². The summed E-state index contributed by atoms with van der Waals surface area (Å²) in [6.07, 6.45) is -2.18. The van der Waals surface area contributed by atoms with Crippen molar-refractivity contribution in [3.05, 3.63) is 6.33 Å². The number of rotatable bonds is 4. The Morgan fingerprint density at radius 2 is 2.05 bits per heavy atom. The van der Waals surface area contributed by atoms with Gasteiger partial charge in [0.15, 0.2) is 17.0 Å². The molecule has 2 aromatic heterocycles. The molecule has 3 rings (SSSR count). The normalized spacial score (nSPS) is 28.4. The zero-order chi connectivity index (χ0) is 15.9. The Morgan fingerprint density at radius 3 is 2.68 bits per heavy atom. The van der Waals surface area contributed by atoms with Crippen molar-refractivity contribution in [1.82, 2.24) is 19.5 Å². The molecule has 1 saturated heterocycles. The summed E-state index contributed by atoms with van der Waals surface area (Å²) in [6, 6.07) is 0. The highest BCUT2D eigenvalue weighted by atomic mass is 16.6. The zero-order valence-corrected chi connectivity index (χ0v) is 11.9. The number of hydrogen-bond donors (Lipinski definition) is 5. The van der Waals surface area contributed by atoms with Gasteiger partial charge in [-0.05, 0) is 0 Å². The number of hydrogen-bond acceptors (Lipinski definition) is 9. The monoisotopic (exact) mass is 310 g/mol. The predicted octanol–water partition coefficient (Wildman–Crippen LogP) is -2.07. The predicted molar refractivity (Wildman–Crippen MR) is 77.0 cm³/mol. The van der Waals surface area contributed by atoms with E-state index < -0.39 is 24.4 Å². The SMILES string of the molecule is CNc1nc(N)nc2c1ncn2C[C@@H]1O[C@H](CO)C(O)[C@@H]1O. The van der Waals surface area contributed by atoms with Crippen LogP contribution in [0.3, 0.4) is 0 Å². The van der Waals surface area contributed by atoms with E-state index in [4.69, 9.17) is 15.6 Å². The first-order valence-electron chi connectivity index (χ1n) is 6.83. The fraction of sp³-hybridized carbons (Fsp3) is 0.583. The van der Waals surface area contributed by atoms with E-state index in [9.17, 15) is 10.2 Å². The highest BCUT2D eigenvalue weighted by Gasteiger charge is 2.42. The number of imidazole rings is 1. The van der Waals surface area contributed by atoms with Crippen LogP contribution in [0.5, 0.6) is 0 Å². The van der Waals surface area contributed by atoms with E-state index in [0.29, 0.717) is 17.0 Å². The van der Waals surface area contributed by atoms with Gasteiger partial charge in [0.05, 0.1) is 19.5 Å². The Bertz CT molecular complexity index is 677. The molecule has 1 aliphatic rings. The Hall–Kier alpha value is -2.01. The molecule has 0 saturated carbocycles. The van der Waals surface area contributed by atoms with Crippen LogP contribution < -0.4 is 11.1 Å². The second-order valence-electron chi connectivity index (χ2n) is 5.13. The highest BCUT2D eigenvalue weighted by molar-refractivity contribution is 5.83. The molecule has 10 nitrogen and oxygen atoms in total. The minimum Gasteiger partial charge on any atom is -0.394 e. The van der Waals surface area contributed by atoms with Crippen LogP contribution in [0.2, 0.25) is 0 Å². The van der Waals surface area contributed by atoms with E-state index in [1.165, 1.54) is 6.33 Å². The smallest absolute Gasteiger partial charge is 0.224 e. The Kier molecular flexibility index (Phi) is 3.83. The lowest BCUT2D eigenvalue weighted by Crippen LogP contribution is -2.35. The lowest BCUT2D eigenvalue weighted by molar-refractivity contribution is -0.0262. The molecule has 0 amide bonds. The number of nitrogens with one attached hydrogen (secondary N) is 1. The first-order chi connectivity index (χ1) is 10.5. The lowest BCUT2D eigenvalue weighted by atomic mass is 10.1. The van der Waals surface area contributed by atoms with Gasteiger partial charge in [0.2, 0.25) is 5.95 Å². The molecule has 0 radical (unpaired) electrons. The maximum absolute atomic E-state index is 10.00. The van der Waals surface area contributed by atoms with Crippen molar-refractivity contribution < 1.29 is 20.1 Å². The third-order valence-electron chi connectivity index (χ3n) is 3.74. The van der Waals surface area contributed by atoms with Crippen LogP contribution in [-0.2, 0) is 11.3 Å². The Labute approximate surface area is 125 Å². The van der Waals surface area contributed by atoms with Crippen molar-refractivity contribution in [2.75, 3.05) is 24.7 Å². The first-order valence-corrected chi connectivity index (χ1v) is 6.83. The number of aliphatic hydroxyl groups excluding tert-OH is 3. The molecule has 0 aromatic carbocycles. The maximum atomic E-state index is 10.00. The van der Waals surface area contributed by atoms with E-state index in [1.54, 1.807) is 11.6 Å². The second-order valence-corrected chi connectivity index (χ2v) is 5.13. The van der Waals surface area contributed by atoms with Gasteiger partial charge in [0.25, 0.3) is 0 Å². The summed E-state index contributed by atoms with van der Waals surface area (Å²) in [7, 11) is 1.70. The van der Waals surface area contributed by atoms with Crippen molar-refractivity contribution in [2.24, 2.45) is 0 Å². The minimum absolute atomic E-state index is 0.0970. The third kappa shape index (κ3) is 2.35. The van der Waals surface area contributed by atoms with E-state index in [0.717, 1.165) is 0 Å². The molecule has 0 aliphatic carbocycles. The topological polar surface area (TPSA) is 152 Å². The maximum Gasteiger partial charge on any atom is 0.224 e. The van der Waals surface area contributed by atoms with Gasteiger partial charge in [0, 0.05) is 7.05 Å². The molecule has 4 atom stereocenters. The van der Waals surface area contributed by atoms with E-state index >= 15 is 0 Å². The summed E-state index contributed by atoms with van der Waals surface area (Å²) >= 11 is 0. The lowest BCUT2D eigenvalue weighted by Gasteiger charge is -2.15. The van der Waals surface area contributed by atoms with Gasteiger partial charge in [0.1, 0.15) is 24.4 Å². The number of aromatic nitrogens is 4. The van der Waals surface area contributed by atoms with Crippen molar-refractivity contribution in [2.45, 2.75) is 31.0 Å². The molecule has 10 heteroatoms. The molecule has 6 N–H and O–H groups in total. The number of ether oxygens (including phenoxy) is 1. The van der Waals surface area contributed by atoms with Crippen LogP contribution in [0.25, 0.3) is 11.2 Å². The number of aliphatic hydroxyl groups is 3. The first kappa shape index (κ1) is 14.9. The van der Waals surface area contributed by atoms with E-state index in [1.807, 2.05) is 0 Å². The van der Waals surface area contributed by atoms with Crippen LogP contribution >= 0.6 is 0 Å². The quantitative estimate of drug-likeness (QED) is 0.429. The zero-order valence-electron chi connectivity index (χ0n) is 11.9. The molecule has 1 aliphatic heterocycles. The Morgan fingerprint density at radius 1 is 1.32 bits per heavy atom. The summed E-state index contributed by atoms with van der Waals surface area (Å²) in [4.78, 5) is 12.4. The van der Waals surface area contributed by atoms with Gasteiger partial charge < -0.3 is 35.7 Å². The van der Waals surface area contributed by atoms with Gasteiger partial charge in [-0.15, -0.1) is 0 Å².